The van der Waals surface area contributed by atoms with Gasteiger partial charge in [0.15, 0.2) is 11.6 Å². The van der Waals surface area contributed by atoms with Crippen molar-refractivity contribution >= 4 is 22.9 Å². The molecular weight excluding hydrogens is 264 g/mol. The molecular formula is C17H18N2O2. The average Bonchev–Trinajstić information content (AvgIpc) is 2.51. The van der Waals surface area contributed by atoms with Gasteiger partial charge < -0.3 is 10.6 Å². The Morgan fingerprint density at radius 2 is 1.52 bits per heavy atom. The Balaban J connectivity index is 2.76. The van der Waals surface area contributed by atoms with Crippen molar-refractivity contribution in [3.63, 3.8) is 0 Å². The minimum Gasteiger partial charge on any atom is -0.388 e. The zero-order chi connectivity index (χ0) is 15.6. The van der Waals surface area contributed by atoms with Crippen molar-refractivity contribution in [2.24, 2.45) is 0 Å². The Hall–Kier alpha value is -2.62. The molecule has 1 aliphatic carbocycles. The number of carbonyl (C=O) groups excluding carboxylic acids is 2. The first-order valence-corrected chi connectivity index (χ1v) is 6.68. The molecule has 2 N–H and O–H groups in total. The first-order valence-electron chi connectivity index (χ1n) is 6.68. The number of carbonyl (C=O) groups is 2. The van der Waals surface area contributed by atoms with Crippen molar-refractivity contribution in [2.45, 2.75) is 6.92 Å². The molecule has 0 atom stereocenters. The number of allylic oxidation sites excluding steroid dienone is 5. The Morgan fingerprint density at radius 3 is 2.00 bits per heavy atom. The topological polar surface area (TPSA) is 58.2 Å². The molecule has 0 bridgehead atoms. The summed E-state index contributed by atoms with van der Waals surface area (Å²) in [5, 5.41) is 5.96. The van der Waals surface area contributed by atoms with Gasteiger partial charge in [-0.3, -0.25) is 9.59 Å². The van der Waals surface area contributed by atoms with E-state index in [0.29, 0.717) is 33.6 Å². The lowest BCUT2D eigenvalue weighted by molar-refractivity contribution is 0.0979. The first-order chi connectivity index (χ1) is 10.1. The molecule has 0 amide bonds. The van der Waals surface area contributed by atoms with Gasteiger partial charge in [-0.05, 0) is 19.1 Å². The van der Waals surface area contributed by atoms with Gasteiger partial charge in [-0.1, -0.05) is 24.8 Å². The summed E-state index contributed by atoms with van der Waals surface area (Å²) in [5.41, 5.74) is 3.03. The standard InChI is InChI=1S/C17H18N2O2/c1-5-6-7-11-10(2)16(20)14-12(18-3)8-9-13(19-4)15(14)17(11)21/h5-9,18-19H,1H2,2-4H3/b7-6-. The van der Waals surface area contributed by atoms with Crippen LogP contribution in [0.5, 0.6) is 0 Å². The minimum absolute atomic E-state index is 0.130. The molecule has 21 heavy (non-hydrogen) atoms. The SMILES string of the molecule is C=C/C=C\C1=C(C)C(=O)c2c(NC)ccc(NC)c2C1=O. The molecule has 0 aliphatic heterocycles. The zero-order valence-corrected chi connectivity index (χ0v) is 12.4. The van der Waals surface area contributed by atoms with Crippen LogP contribution in [0.2, 0.25) is 0 Å². The molecule has 1 aliphatic rings. The van der Waals surface area contributed by atoms with Crippen LogP contribution in [0, 0.1) is 0 Å². The highest BCUT2D eigenvalue weighted by atomic mass is 16.1. The maximum atomic E-state index is 12.8. The number of ketones is 2. The predicted molar refractivity (Wildman–Crippen MR) is 86.2 cm³/mol. The van der Waals surface area contributed by atoms with E-state index < -0.39 is 0 Å². The molecule has 2 rings (SSSR count). The van der Waals surface area contributed by atoms with Gasteiger partial charge in [0.05, 0.1) is 11.1 Å². The van der Waals surface area contributed by atoms with Gasteiger partial charge in [-0.25, -0.2) is 0 Å². The zero-order valence-electron chi connectivity index (χ0n) is 12.4. The molecule has 4 nitrogen and oxygen atoms in total. The number of nitrogens with one attached hydrogen (secondary N) is 2. The third-order valence-electron chi connectivity index (χ3n) is 3.59. The van der Waals surface area contributed by atoms with Crippen LogP contribution in [0.4, 0.5) is 11.4 Å². The molecule has 0 fully saturated rings. The summed E-state index contributed by atoms with van der Waals surface area (Å²) in [5.74, 6) is -0.281. The summed E-state index contributed by atoms with van der Waals surface area (Å²) in [7, 11) is 3.47. The second-order valence-corrected chi connectivity index (χ2v) is 4.70. The van der Waals surface area contributed by atoms with Crippen LogP contribution in [-0.4, -0.2) is 25.7 Å². The van der Waals surface area contributed by atoms with E-state index in [9.17, 15) is 9.59 Å². The van der Waals surface area contributed by atoms with Crippen LogP contribution in [0.3, 0.4) is 0 Å². The number of anilines is 2. The van der Waals surface area contributed by atoms with Crippen LogP contribution in [0.1, 0.15) is 27.6 Å². The lowest BCUT2D eigenvalue weighted by Gasteiger charge is -2.22. The van der Waals surface area contributed by atoms with Crippen LogP contribution in [0.15, 0.2) is 48.1 Å². The highest BCUT2D eigenvalue weighted by molar-refractivity contribution is 6.31. The van der Waals surface area contributed by atoms with Gasteiger partial charge in [-0.2, -0.15) is 0 Å². The Morgan fingerprint density at radius 1 is 1.00 bits per heavy atom. The van der Waals surface area contributed by atoms with E-state index in [0.717, 1.165) is 0 Å². The molecule has 4 heteroatoms. The van der Waals surface area contributed by atoms with Gasteiger partial charge in [-0.15, -0.1) is 0 Å². The van der Waals surface area contributed by atoms with Gasteiger partial charge in [0.25, 0.3) is 0 Å². The molecule has 108 valence electrons. The number of rotatable bonds is 4. The van der Waals surface area contributed by atoms with Crippen LogP contribution in [0.25, 0.3) is 0 Å². The number of fused-ring (bicyclic) bond motifs is 1. The van der Waals surface area contributed by atoms with E-state index in [1.807, 2.05) is 0 Å². The maximum Gasteiger partial charge on any atom is 0.196 e. The fraction of sp³-hybridized carbons (Fsp3) is 0.176. The molecule has 0 heterocycles. The van der Waals surface area contributed by atoms with Crippen LogP contribution >= 0.6 is 0 Å². The Labute approximate surface area is 124 Å². The van der Waals surface area contributed by atoms with Gasteiger partial charge in [0.2, 0.25) is 0 Å². The largest absolute Gasteiger partial charge is 0.388 e. The smallest absolute Gasteiger partial charge is 0.196 e. The summed E-state index contributed by atoms with van der Waals surface area (Å²) < 4.78 is 0. The lowest BCUT2D eigenvalue weighted by atomic mass is 9.82. The monoisotopic (exact) mass is 282 g/mol. The second kappa shape index (κ2) is 5.79. The highest BCUT2D eigenvalue weighted by Crippen LogP contribution is 2.36. The fourth-order valence-corrected chi connectivity index (χ4v) is 2.47. The summed E-state index contributed by atoms with van der Waals surface area (Å²) in [6, 6.07) is 3.60. The van der Waals surface area contributed by atoms with Crippen molar-refractivity contribution in [2.75, 3.05) is 24.7 Å². The van der Waals surface area contributed by atoms with E-state index in [1.54, 1.807) is 51.4 Å². The minimum atomic E-state index is -0.151. The van der Waals surface area contributed by atoms with Gasteiger partial charge in [0, 0.05) is 36.6 Å². The molecule has 0 aromatic heterocycles. The van der Waals surface area contributed by atoms with Gasteiger partial charge >= 0.3 is 0 Å². The Bertz CT molecular complexity index is 697. The van der Waals surface area contributed by atoms with E-state index >= 15 is 0 Å². The molecule has 0 spiro atoms. The van der Waals surface area contributed by atoms with E-state index in [4.69, 9.17) is 0 Å². The maximum absolute atomic E-state index is 12.8. The molecule has 1 aromatic rings. The van der Waals surface area contributed by atoms with E-state index in [2.05, 4.69) is 17.2 Å². The van der Waals surface area contributed by atoms with Crippen molar-refractivity contribution in [1.82, 2.24) is 0 Å². The van der Waals surface area contributed by atoms with Crippen molar-refractivity contribution < 1.29 is 9.59 Å². The molecule has 0 radical (unpaired) electrons. The third kappa shape index (κ3) is 2.29. The molecule has 1 aromatic carbocycles. The average molecular weight is 282 g/mol. The second-order valence-electron chi connectivity index (χ2n) is 4.70. The quantitative estimate of drug-likeness (QED) is 0.833. The number of benzene rings is 1. The molecule has 0 unspecified atom stereocenters. The highest BCUT2D eigenvalue weighted by Gasteiger charge is 2.32. The molecule has 0 saturated carbocycles. The summed E-state index contributed by atoms with van der Waals surface area (Å²) in [6.07, 6.45) is 4.88. The fourth-order valence-electron chi connectivity index (χ4n) is 2.47. The van der Waals surface area contributed by atoms with Crippen molar-refractivity contribution in [1.29, 1.82) is 0 Å². The normalized spacial score (nSPS) is 14.4. The Kier molecular flexibility index (Phi) is 4.08. The lowest BCUT2D eigenvalue weighted by Crippen LogP contribution is -2.23. The van der Waals surface area contributed by atoms with Crippen LogP contribution in [-0.2, 0) is 0 Å². The van der Waals surface area contributed by atoms with Crippen LogP contribution < -0.4 is 10.6 Å². The van der Waals surface area contributed by atoms with E-state index in [-0.39, 0.29) is 11.6 Å². The summed E-state index contributed by atoms with van der Waals surface area (Å²) in [4.78, 5) is 25.4. The van der Waals surface area contributed by atoms with E-state index in [1.165, 1.54) is 0 Å². The first kappa shape index (κ1) is 14.8. The summed E-state index contributed by atoms with van der Waals surface area (Å²) in [6.45, 7) is 5.27. The third-order valence-corrected chi connectivity index (χ3v) is 3.59. The number of hydrogen-bond donors (Lipinski definition) is 2. The van der Waals surface area contributed by atoms with Crippen molar-refractivity contribution in [3.05, 3.63) is 59.2 Å². The number of hydrogen-bond acceptors (Lipinski definition) is 4. The molecule has 0 saturated heterocycles. The predicted octanol–water partition coefficient (Wildman–Crippen LogP) is 3.21. The van der Waals surface area contributed by atoms with Gasteiger partial charge in [0.1, 0.15) is 0 Å². The number of Topliss-reactive ketones (excluding diaryl/α,β-unsaturated/α-hetero) is 2. The summed E-state index contributed by atoms with van der Waals surface area (Å²) >= 11 is 0. The van der Waals surface area contributed by atoms with Crippen molar-refractivity contribution in [3.8, 4) is 0 Å².